The van der Waals surface area contributed by atoms with Crippen LogP contribution in [0, 0.1) is 5.92 Å². The zero-order valence-electron chi connectivity index (χ0n) is 14.8. The molecule has 2 N–H and O–H groups in total. The number of carbonyl (C=O) groups excluding carboxylic acids is 2. The molecule has 2 atom stereocenters. The van der Waals surface area contributed by atoms with Gasteiger partial charge in [0.2, 0.25) is 11.8 Å². The van der Waals surface area contributed by atoms with Gasteiger partial charge in [-0.25, -0.2) is 0 Å². The number of hydrogen-bond donors (Lipinski definition) is 2. The molecule has 5 nitrogen and oxygen atoms in total. The van der Waals surface area contributed by atoms with Crippen molar-refractivity contribution in [2.45, 2.75) is 82.3 Å². The summed E-state index contributed by atoms with van der Waals surface area (Å²) in [5, 5.41) is 6.59. The van der Waals surface area contributed by atoms with Crippen LogP contribution in [0.25, 0.3) is 0 Å². The number of amides is 2. The van der Waals surface area contributed by atoms with Gasteiger partial charge in [0.1, 0.15) is 0 Å². The van der Waals surface area contributed by atoms with E-state index in [0.29, 0.717) is 31.1 Å². The van der Waals surface area contributed by atoms with Crippen LogP contribution in [0.15, 0.2) is 0 Å². The predicted octanol–water partition coefficient (Wildman–Crippen LogP) is 2.24. The second kappa shape index (κ2) is 9.04. The molecule has 3 fully saturated rings. The van der Waals surface area contributed by atoms with E-state index < -0.39 is 0 Å². The number of rotatable bonds is 5. The van der Waals surface area contributed by atoms with Crippen LogP contribution in [0.4, 0.5) is 0 Å². The molecule has 0 aromatic carbocycles. The Morgan fingerprint density at radius 1 is 1.04 bits per heavy atom. The lowest BCUT2D eigenvalue weighted by atomic mass is 9.89. The number of hydrogen-bond acceptors (Lipinski definition) is 3. The quantitative estimate of drug-likeness (QED) is 0.793. The van der Waals surface area contributed by atoms with E-state index in [4.69, 9.17) is 0 Å². The average Bonchev–Trinajstić information content (AvgIpc) is 2.92. The summed E-state index contributed by atoms with van der Waals surface area (Å²) in [5.41, 5.74) is 0. The van der Waals surface area contributed by atoms with Crippen molar-refractivity contribution in [1.82, 2.24) is 15.5 Å². The van der Waals surface area contributed by atoms with Gasteiger partial charge in [-0.15, -0.1) is 12.4 Å². The van der Waals surface area contributed by atoms with Crippen LogP contribution in [0.3, 0.4) is 0 Å². The van der Waals surface area contributed by atoms with Gasteiger partial charge in [0, 0.05) is 44.1 Å². The zero-order chi connectivity index (χ0) is 16.2. The third kappa shape index (κ3) is 4.85. The molecule has 24 heavy (non-hydrogen) atoms. The number of nitrogens with one attached hydrogen (secondary N) is 2. The number of halogens is 1. The first-order chi connectivity index (χ1) is 11.1. The highest BCUT2D eigenvalue weighted by Crippen LogP contribution is 2.29. The Labute approximate surface area is 151 Å². The van der Waals surface area contributed by atoms with Crippen molar-refractivity contribution in [3.8, 4) is 0 Å². The molecule has 6 heteroatoms. The fourth-order valence-electron chi connectivity index (χ4n) is 4.53. The monoisotopic (exact) mass is 357 g/mol. The Morgan fingerprint density at radius 2 is 1.67 bits per heavy atom. The predicted molar refractivity (Wildman–Crippen MR) is 97.2 cm³/mol. The molecule has 2 heterocycles. The Hall–Kier alpha value is -0.810. The minimum absolute atomic E-state index is 0. The van der Waals surface area contributed by atoms with E-state index in [1.165, 1.54) is 19.3 Å². The van der Waals surface area contributed by atoms with Crippen molar-refractivity contribution >= 4 is 24.2 Å². The van der Waals surface area contributed by atoms with Crippen LogP contribution in [-0.2, 0) is 9.59 Å². The molecule has 0 aromatic heterocycles. The van der Waals surface area contributed by atoms with Gasteiger partial charge in [-0.05, 0) is 38.5 Å². The first kappa shape index (κ1) is 19.5. The molecule has 2 unspecified atom stereocenters. The molecule has 3 rings (SSSR count). The SMILES string of the molecule is CN(C(=O)CCNC(=O)C1CCCCC1)C1CC2CCC(C1)N2.Cl. The molecule has 2 amide bonds. The third-order valence-corrected chi connectivity index (χ3v) is 6.00. The lowest BCUT2D eigenvalue weighted by Crippen LogP contribution is -2.49. The van der Waals surface area contributed by atoms with Gasteiger partial charge in [-0.2, -0.15) is 0 Å². The van der Waals surface area contributed by atoms with Gasteiger partial charge in [-0.3, -0.25) is 9.59 Å². The first-order valence-electron chi connectivity index (χ1n) is 9.43. The minimum Gasteiger partial charge on any atom is -0.355 e. The summed E-state index contributed by atoms with van der Waals surface area (Å²) in [6, 6.07) is 1.57. The molecular formula is C18H32ClN3O2. The Balaban J connectivity index is 0.00000208. The van der Waals surface area contributed by atoms with Gasteiger partial charge >= 0.3 is 0 Å². The van der Waals surface area contributed by atoms with Crippen molar-refractivity contribution in [1.29, 1.82) is 0 Å². The summed E-state index contributed by atoms with van der Waals surface area (Å²) in [7, 11) is 1.93. The summed E-state index contributed by atoms with van der Waals surface area (Å²) in [4.78, 5) is 26.4. The van der Waals surface area contributed by atoms with Gasteiger partial charge < -0.3 is 15.5 Å². The molecule has 138 valence electrons. The van der Waals surface area contributed by atoms with Crippen molar-refractivity contribution in [2.75, 3.05) is 13.6 Å². The van der Waals surface area contributed by atoms with Gasteiger partial charge in [0.05, 0.1) is 0 Å². The normalized spacial score (nSPS) is 29.6. The highest BCUT2D eigenvalue weighted by Gasteiger charge is 2.36. The smallest absolute Gasteiger partial charge is 0.224 e. The highest BCUT2D eigenvalue weighted by atomic mass is 35.5. The molecule has 3 aliphatic rings. The second-order valence-electron chi connectivity index (χ2n) is 7.64. The summed E-state index contributed by atoms with van der Waals surface area (Å²) < 4.78 is 0. The maximum Gasteiger partial charge on any atom is 0.224 e. The summed E-state index contributed by atoms with van der Waals surface area (Å²) in [6.45, 7) is 0.482. The fraction of sp³-hybridized carbons (Fsp3) is 0.889. The van der Waals surface area contributed by atoms with Crippen molar-refractivity contribution < 1.29 is 9.59 Å². The van der Waals surface area contributed by atoms with E-state index in [9.17, 15) is 9.59 Å². The van der Waals surface area contributed by atoms with Crippen molar-refractivity contribution in [2.24, 2.45) is 5.92 Å². The van der Waals surface area contributed by atoms with Gasteiger partial charge in [0.15, 0.2) is 0 Å². The third-order valence-electron chi connectivity index (χ3n) is 6.00. The fourth-order valence-corrected chi connectivity index (χ4v) is 4.53. The van der Waals surface area contributed by atoms with Crippen molar-refractivity contribution in [3.63, 3.8) is 0 Å². The molecule has 0 radical (unpaired) electrons. The molecule has 1 saturated carbocycles. The van der Waals surface area contributed by atoms with E-state index in [-0.39, 0.29) is 30.1 Å². The molecule has 0 aromatic rings. The molecular weight excluding hydrogens is 326 g/mol. The minimum atomic E-state index is 0. The Bertz CT molecular complexity index is 428. The van der Waals surface area contributed by atoms with Crippen LogP contribution in [-0.4, -0.2) is 48.4 Å². The number of carbonyl (C=O) groups is 2. The molecule has 2 aliphatic heterocycles. The van der Waals surface area contributed by atoms with E-state index in [0.717, 1.165) is 38.5 Å². The maximum absolute atomic E-state index is 12.4. The van der Waals surface area contributed by atoms with E-state index >= 15 is 0 Å². The standard InChI is InChI=1S/C18H31N3O2.ClH/c1-21(16-11-14-7-8-15(12-16)20-14)17(22)9-10-19-18(23)13-5-3-2-4-6-13;/h13-16,20H,2-12H2,1H3,(H,19,23);1H. The van der Waals surface area contributed by atoms with Crippen LogP contribution in [0.5, 0.6) is 0 Å². The summed E-state index contributed by atoms with van der Waals surface area (Å²) in [6.07, 6.45) is 10.7. The van der Waals surface area contributed by atoms with Crippen LogP contribution < -0.4 is 10.6 Å². The van der Waals surface area contributed by atoms with E-state index in [1.807, 2.05) is 11.9 Å². The molecule has 2 bridgehead atoms. The lowest BCUT2D eigenvalue weighted by Gasteiger charge is -2.35. The van der Waals surface area contributed by atoms with E-state index in [1.54, 1.807) is 0 Å². The molecule has 2 saturated heterocycles. The largest absolute Gasteiger partial charge is 0.355 e. The maximum atomic E-state index is 12.4. The zero-order valence-corrected chi connectivity index (χ0v) is 15.6. The Morgan fingerprint density at radius 3 is 2.29 bits per heavy atom. The van der Waals surface area contributed by atoms with Crippen LogP contribution >= 0.6 is 12.4 Å². The second-order valence-corrected chi connectivity index (χ2v) is 7.64. The van der Waals surface area contributed by atoms with Crippen LogP contribution in [0.2, 0.25) is 0 Å². The van der Waals surface area contributed by atoms with Gasteiger partial charge in [-0.1, -0.05) is 19.3 Å². The van der Waals surface area contributed by atoms with Crippen LogP contribution in [0.1, 0.15) is 64.2 Å². The number of fused-ring (bicyclic) bond motifs is 2. The Kier molecular flexibility index (Phi) is 7.35. The first-order valence-corrected chi connectivity index (χ1v) is 9.43. The molecule has 0 spiro atoms. The topological polar surface area (TPSA) is 61.4 Å². The van der Waals surface area contributed by atoms with Gasteiger partial charge in [0.25, 0.3) is 0 Å². The lowest BCUT2D eigenvalue weighted by molar-refractivity contribution is -0.132. The highest BCUT2D eigenvalue weighted by molar-refractivity contribution is 5.85. The number of nitrogens with zero attached hydrogens (tertiary/aromatic N) is 1. The van der Waals surface area contributed by atoms with Crippen molar-refractivity contribution in [3.05, 3.63) is 0 Å². The summed E-state index contributed by atoms with van der Waals surface area (Å²) in [5.74, 6) is 0.497. The molecule has 1 aliphatic carbocycles. The summed E-state index contributed by atoms with van der Waals surface area (Å²) >= 11 is 0. The van der Waals surface area contributed by atoms with E-state index in [2.05, 4.69) is 10.6 Å². The average molecular weight is 358 g/mol. The number of piperidine rings is 1.